The zero-order valence-electron chi connectivity index (χ0n) is 15.9. The standard InChI is InChI=1S/C23H16F2N2O3/c1-14-7-16(24)9-21(25)20(14)11-27-13-26-23(29)19-10-18(5-6-22(19)27)30-17-4-2-3-15(8-17)12-28/h2-10,12-13H,11H2,1H3. The van der Waals surface area contributed by atoms with Crippen LogP contribution in [0.25, 0.3) is 10.9 Å². The fourth-order valence-corrected chi connectivity index (χ4v) is 3.27. The number of fused-ring (bicyclic) bond motifs is 1. The van der Waals surface area contributed by atoms with Gasteiger partial charge in [-0.3, -0.25) is 9.59 Å². The second-order valence-electron chi connectivity index (χ2n) is 6.83. The van der Waals surface area contributed by atoms with E-state index in [-0.39, 0.29) is 6.54 Å². The van der Waals surface area contributed by atoms with Crippen molar-refractivity contribution in [1.82, 2.24) is 9.55 Å². The largest absolute Gasteiger partial charge is 0.457 e. The smallest absolute Gasteiger partial charge is 0.280 e. The number of aromatic nitrogens is 2. The number of halogens is 2. The van der Waals surface area contributed by atoms with Crippen molar-refractivity contribution in [3.8, 4) is 11.5 Å². The molecule has 150 valence electrons. The first-order valence-corrected chi connectivity index (χ1v) is 9.11. The Morgan fingerprint density at radius 1 is 1.07 bits per heavy atom. The Morgan fingerprint density at radius 2 is 1.87 bits per heavy atom. The fourth-order valence-electron chi connectivity index (χ4n) is 3.27. The lowest BCUT2D eigenvalue weighted by Gasteiger charge is -2.14. The number of hydrogen-bond donors (Lipinski definition) is 0. The van der Waals surface area contributed by atoms with Crippen LogP contribution in [0.4, 0.5) is 8.78 Å². The summed E-state index contributed by atoms with van der Waals surface area (Å²) in [5, 5.41) is 0.293. The number of carbonyl (C=O) groups is 1. The van der Waals surface area contributed by atoms with Gasteiger partial charge in [-0.2, -0.15) is 4.98 Å². The molecule has 0 atom stereocenters. The lowest BCUT2D eigenvalue weighted by molar-refractivity contribution is 0.112. The van der Waals surface area contributed by atoms with Gasteiger partial charge in [0.05, 0.1) is 23.8 Å². The molecule has 0 radical (unpaired) electrons. The molecule has 7 heteroatoms. The molecule has 1 aromatic heterocycles. The topological polar surface area (TPSA) is 61.2 Å². The summed E-state index contributed by atoms with van der Waals surface area (Å²) in [6.07, 6.45) is 2.05. The summed E-state index contributed by atoms with van der Waals surface area (Å²) in [6.45, 7) is 1.71. The zero-order valence-corrected chi connectivity index (χ0v) is 15.9. The lowest BCUT2D eigenvalue weighted by atomic mass is 10.1. The van der Waals surface area contributed by atoms with Crippen molar-refractivity contribution in [2.45, 2.75) is 13.5 Å². The van der Waals surface area contributed by atoms with Crippen molar-refractivity contribution in [2.75, 3.05) is 0 Å². The Bertz CT molecular complexity index is 1310. The number of carbonyl (C=O) groups excluding carboxylic acids is 1. The number of ether oxygens (including phenoxy) is 1. The molecule has 30 heavy (non-hydrogen) atoms. The molecule has 0 bridgehead atoms. The van der Waals surface area contributed by atoms with Gasteiger partial charge in [-0.25, -0.2) is 8.78 Å². The highest BCUT2D eigenvalue weighted by atomic mass is 19.1. The second-order valence-corrected chi connectivity index (χ2v) is 6.83. The Kier molecular flexibility index (Phi) is 5.10. The van der Waals surface area contributed by atoms with Gasteiger partial charge in [0.15, 0.2) is 0 Å². The Balaban J connectivity index is 1.73. The van der Waals surface area contributed by atoms with Crippen LogP contribution in [-0.4, -0.2) is 15.8 Å². The fraction of sp³-hybridized carbons (Fsp3) is 0.0870. The van der Waals surface area contributed by atoms with Gasteiger partial charge in [0.1, 0.15) is 29.4 Å². The third-order valence-corrected chi connectivity index (χ3v) is 4.76. The summed E-state index contributed by atoms with van der Waals surface area (Å²) in [5.74, 6) is -0.454. The van der Waals surface area contributed by atoms with Crippen LogP contribution in [0.2, 0.25) is 0 Å². The molecule has 0 saturated heterocycles. The maximum Gasteiger partial charge on any atom is 0.280 e. The van der Waals surface area contributed by atoms with Gasteiger partial charge in [-0.15, -0.1) is 0 Å². The second kappa shape index (κ2) is 7.87. The van der Waals surface area contributed by atoms with Crippen molar-refractivity contribution in [3.63, 3.8) is 0 Å². The van der Waals surface area contributed by atoms with E-state index in [4.69, 9.17) is 4.74 Å². The molecule has 0 spiro atoms. The van der Waals surface area contributed by atoms with Crippen molar-refractivity contribution in [3.05, 3.63) is 99.6 Å². The summed E-state index contributed by atoms with van der Waals surface area (Å²) in [7, 11) is 0. The number of nitrogens with zero attached hydrogens (tertiary/aromatic N) is 2. The Hall–Kier alpha value is -3.87. The van der Waals surface area contributed by atoms with Crippen molar-refractivity contribution < 1.29 is 18.3 Å². The normalized spacial score (nSPS) is 10.9. The average molecular weight is 406 g/mol. The Labute approximate surface area is 170 Å². The van der Waals surface area contributed by atoms with Crippen LogP contribution in [0.5, 0.6) is 11.5 Å². The predicted molar refractivity (Wildman–Crippen MR) is 108 cm³/mol. The van der Waals surface area contributed by atoms with E-state index in [9.17, 15) is 18.4 Å². The molecule has 1 heterocycles. The minimum Gasteiger partial charge on any atom is -0.457 e. The van der Waals surface area contributed by atoms with Crippen molar-refractivity contribution in [2.24, 2.45) is 0 Å². The maximum absolute atomic E-state index is 14.3. The Morgan fingerprint density at radius 3 is 2.63 bits per heavy atom. The minimum absolute atomic E-state index is 0.0866. The van der Waals surface area contributed by atoms with Gasteiger partial charge in [-0.1, -0.05) is 12.1 Å². The summed E-state index contributed by atoms with van der Waals surface area (Å²) < 4.78 is 35.0. The SMILES string of the molecule is Cc1cc(F)cc(F)c1Cn1cnc(=O)c2cc(Oc3cccc(C=O)c3)ccc21. The maximum atomic E-state index is 14.3. The number of aryl methyl sites for hydroxylation is 1. The van der Waals surface area contributed by atoms with Crippen LogP contribution in [0.1, 0.15) is 21.5 Å². The van der Waals surface area contributed by atoms with Crippen molar-refractivity contribution in [1.29, 1.82) is 0 Å². The molecular formula is C23H16F2N2O3. The monoisotopic (exact) mass is 406 g/mol. The molecule has 0 aliphatic heterocycles. The summed E-state index contributed by atoms with van der Waals surface area (Å²) in [6, 6.07) is 13.6. The van der Waals surface area contributed by atoms with Crippen LogP contribution < -0.4 is 10.3 Å². The highest BCUT2D eigenvalue weighted by Gasteiger charge is 2.12. The third kappa shape index (κ3) is 3.82. The minimum atomic E-state index is -0.658. The van der Waals surface area contributed by atoms with Crippen LogP contribution in [-0.2, 0) is 6.54 Å². The number of hydrogen-bond acceptors (Lipinski definition) is 4. The molecule has 0 aliphatic rings. The molecule has 0 saturated carbocycles. The van der Waals surface area contributed by atoms with Crippen LogP contribution >= 0.6 is 0 Å². The molecule has 0 unspecified atom stereocenters. The highest BCUT2D eigenvalue weighted by molar-refractivity contribution is 5.80. The first-order valence-electron chi connectivity index (χ1n) is 9.11. The van der Waals surface area contributed by atoms with E-state index >= 15 is 0 Å². The summed E-state index contributed by atoms with van der Waals surface area (Å²) in [5.41, 5.74) is 1.33. The molecule has 0 amide bonds. The van der Waals surface area contributed by atoms with E-state index in [1.807, 2.05) is 0 Å². The molecule has 4 rings (SSSR count). The average Bonchev–Trinajstić information content (AvgIpc) is 2.72. The summed E-state index contributed by atoms with van der Waals surface area (Å²) in [4.78, 5) is 27.1. The molecule has 5 nitrogen and oxygen atoms in total. The van der Waals surface area contributed by atoms with Gasteiger partial charge in [-0.05, 0) is 48.9 Å². The molecule has 0 aliphatic carbocycles. The molecular weight excluding hydrogens is 390 g/mol. The zero-order chi connectivity index (χ0) is 21.3. The van der Waals surface area contributed by atoms with Gasteiger partial charge < -0.3 is 9.30 Å². The van der Waals surface area contributed by atoms with Crippen molar-refractivity contribution >= 4 is 17.2 Å². The van der Waals surface area contributed by atoms with E-state index in [2.05, 4.69) is 4.98 Å². The van der Waals surface area contributed by atoms with E-state index in [1.54, 1.807) is 54.0 Å². The predicted octanol–water partition coefficient (Wildman–Crippen LogP) is 4.64. The molecule has 3 aromatic carbocycles. The van der Waals surface area contributed by atoms with Gasteiger partial charge in [0, 0.05) is 17.2 Å². The van der Waals surface area contributed by atoms with Crippen LogP contribution in [0, 0.1) is 18.6 Å². The highest BCUT2D eigenvalue weighted by Crippen LogP contribution is 2.25. The first kappa shape index (κ1) is 19.4. The third-order valence-electron chi connectivity index (χ3n) is 4.76. The van der Waals surface area contributed by atoms with Crippen LogP contribution in [0.3, 0.4) is 0 Å². The molecule has 4 aromatic rings. The number of benzene rings is 3. The summed E-state index contributed by atoms with van der Waals surface area (Å²) >= 11 is 0. The van der Waals surface area contributed by atoms with Gasteiger partial charge in [0.2, 0.25) is 0 Å². The van der Waals surface area contributed by atoms with E-state index < -0.39 is 17.2 Å². The van der Waals surface area contributed by atoms with E-state index in [0.717, 1.165) is 6.07 Å². The molecule has 0 N–H and O–H groups in total. The van der Waals surface area contributed by atoms with Gasteiger partial charge in [0.25, 0.3) is 5.56 Å². The van der Waals surface area contributed by atoms with E-state index in [0.29, 0.717) is 45.4 Å². The quantitative estimate of drug-likeness (QED) is 0.453. The first-order chi connectivity index (χ1) is 14.4. The number of rotatable bonds is 5. The number of aldehydes is 1. The van der Waals surface area contributed by atoms with Gasteiger partial charge >= 0.3 is 0 Å². The lowest BCUT2D eigenvalue weighted by Crippen LogP contribution is -2.14. The van der Waals surface area contributed by atoms with E-state index in [1.165, 1.54) is 12.4 Å². The molecule has 0 fully saturated rings. The van der Waals surface area contributed by atoms with Crippen LogP contribution in [0.15, 0.2) is 65.7 Å².